The summed E-state index contributed by atoms with van der Waals surface area (Å²) in [4.78, 5) is 14.8. The molecule has 1 aromatic heterocycles. The molecule has 104 valence electrons. The number of nitrogens with one attached hydrogen (secondary N) is 2. The average Bonchev–Trinajstić information content (AvgIpc) is 2.83. The van der Waals surface area contributed by atoms with Crippen LogP contribution in [0.1, 0.15) is 52.7 Å². The van der Waals surface area contributed by atoms with Crippen LogP contribution in [0.25, 0.3) is 0 Å². The lowest BCUT2D eigenvalue weighted by Crippen LogP contribution is -2.52. The molecule has 1 aliphatic heterocycles. The van der Waals surface area contributed by atoms with Gasteiger partial charge < -0.3 is 10.6 Å². The third-order valence-corrected chi connectivity index (χ3v) is 5.58. The van der Waals surface area contributed by atoms with Gasteiger partial charge in [0, 0.05) is 10.4 Å². The number of fused-ring (bicyclic) bond motifs is 1. The molecule has 2 heterocycles. The van der Waals surface area contributed by atoms with Crippen LogP contribution >= 0.6 is 11.3 Å². The summed E-state index contributed by atoms with van der Waals surface area (Å²) in [7, 11) is 0. The van der Waals surface area contributed by atoms with Crippen LogP contribution in [0.5, 0.6) is 0 Å². The summed E-state index contributed by atoms with van der Waals surface area (Å²) >= 11 is 1.70. The van der Waals surface area contributed by atoms with Crippen LogP contribution in [0.4, 0.5) is 0 Å². The molecule has 0 spiro atoms. The van der Waals surface area contributed by atoms with Crippen molar-refractivity contribution < 1.29 is 4.79 Å². The molecule has 1 aliphatic carbocycles. The van der Waals surface area contributed by atoms with Crippen molar-refractivity contribution in [1.29, 1.82) is 0 Å². The van der Waals surface area contributed by atoms with Crippen LogP contribution in [-0.4, -0.2) is 24.5 Å². The summed E-state index contributed by atoms with van der Waals surface area (Å²) in [6.07, 6.45) is 6.90. The van der Waals surface area contributed by atoms with E-state index in [0.717, 1.165) is 43.6 Å². The van der Waals surface area contributed by atoms with Crippen molar-refractivity contribution in [3.8, 4) is 0 Å². The van der Waals surface area contributed by atoms with Crippen molar-refractivity contribution >= 4 is 17.2 Å². The highest BCUT2D eigenvalue weighted by atomic mass is 32.1. The van der Waals surface area contributed by atoms with Gasteiger partial charge in [-0.15, -0.1) is 11.3 Å². The number of hydrogen-bond donors (Lipinski definition) is 2. The van der Waals surface area contributed by atoms with Crippen molar-refractivity contribution in [2.24, 2.45) is 0 Å². The Morgan fingerprint density at radius 3 is 2.79 bits per heavy atom. The van der Waals surface area contributed by atoms with Crippen LogP contribution < -0.4 is 10.6 Å². The fourth-order valence-corrected chi connectivity index (χ4v) is 4.19. The molecule has 0 unspecified atom stereocenters. The first-order valence-electron chi connectivity index (χ1n) is 7.31. The Morgan fingerprint density at radius 2 is 2.05 bits per heavy atom. The first-order chi connectivity index (χ1) is 9.16. The molecule has 1 fully saturated rings. The van der Waals surface area contributed by atoms with E-state index < -0.39 is 0 Å². The molecular formula is C15H22N2OS. The fourth-order valence-electron chi connectivity index (χ4n) is 3.04. The maximum absolute atomic E-state index is 12.4. The third-order valence-electron chi connectivity index (χ3n) is 4.34. The van der Waals surface area contributed by atoms with E-state index >= 15 is 0 Å². The molecule has 2 aliphatic rings. The number of carbonyl (C=O) groups is 1. The van der Waals surface area contributed by atoms with Crippen molar-refractivity contribution in [3.63, 3.8) is 0 Å². The van der Waals surface area contributed by atoms with E-state index in [0.29, 0.717) is 0 Å². The smallest absolute Gasteiger partial charge is 0.261 e. The SMILES string of the molecule is CC1(NC(=O)c2cc3c(s2)CCCC3)CCNCC1. The summed E-state index contributed by atoms with van der Waals surface area (Å²) in [6.45, 7) is 4.16. The molecule has 19 heavy (non-hydrogen) atoms. The van der Waals surface area contributed by atoms with Crippen molar-refractivity contribution in [2.45, 2.75) is 51.0 Å². The molecular weight excluding hydrogens is 256 g/mol. The summed E-state index contributed by atoms with van der Waals surface area (Å²) in [5.74, 6) is 0.129. The zero-order valence-electron chi connectivity index (χ0n) is 11.6. The highest BCUT2D eigenvalue weighted by molar-refractivity contribution is 7.14. The van der Waals surface area contributed by atoms with E-state index in [1.807, 2.05) is 0 Å². The second-order valence-corrected chi connectivity index (χ2v) is 7.17. The van der Waals surface area contributed by atoms with E-state index in [1.165, 1.54) is 23.3 Å². The lowest BCUT2D eigenvalue weighted by molar-refractivity contribution is 0.0892. The number of thiophene rings is 1. The van der Waals surface area contributed by atoms with Crippen molar-refractivity contribution in [3.05, 3.63) is 21.4 Å². The molecule has 0 aromatic carbocycles. The minimum Gasteiger partial charge on any atom is -0.346 e. The minimum atomic E-state index is -0.0349. The first kappa shape index (κ1) is 13.1. The van der Waals surface area contributed by atoms with Gasteiger partial charge in [-0.3, -0.25) is 4.79 Å². The molecule has 0 radical (unpaired) electrons. The summed E-state index contributed by atoms with van der Waals surface area (Å²) < 4.78 is 0. The molecule has 1 amide bonds. The Kier molecular flexibility index (Phi) is 3.63. The fraction of sp³-hybridized carbons (Fsp3) is 0.667. The van der Waals surface area contributed by atoms with Gasteiger partial charge in [-0.1, -0.05) is 0 Å². The molecule has 2 N–H and O–H groups in total. The summed E-state index contributed by atoms with van der Waals surface area (Å²) in [5.41, 5.74) is 1.38. The van der Waals surface area contributed by atoms with Gasteiger partial charge in [0.2, 0.25) is 0 Å². The largest absolute Gasteiger partial charge is 0.346 e. The number of hydrogen-bond acceptors (Lipinski definition) is 3. The Hall–Kier alpha value is -0.870. The third kappa shape index (κ3) is 2.84. The maximum atomic E-state index is 12.4. The highest BCUT2D eigenvalue weighted by Crippen LogP contribution is 2.30. The topological polar surface area (TPSA) is 41.1 Å². The molecule has 0 saturated carbocycles. The van der Waals surface area contributed by atoms with Crippen LogP contribution in [0.2, 0.25) is 0 Å². The normalized spacial score (nSPS) is 21.7. The molecule has 1 saturated heterocycles. The Morgan fingerprint density at radius 1 is 1.32 bits per heavy atom. The van der Waals surface area contributed by atoms with Gasteiger partial charge in [-0.25, -0.2) is 0 Å². The van der Waals surface area contributed by atoms with Crippen LogP contribution in [0.15, 0.2) is 6.07 Å². The number of amides is 1. The monoisotopic (exact) mass is 278 g/mol. The molecule has 1 aromatic rings. The predicted octanol–water partition coefficient (Wildman–Crippen LogP) is 2.50. The molecule has 3 nitrogen and oxygen atoms in total. The van der Waals surface area contributed by atoms with Crippen LogP contribution in [0, 0.1) is 0 Å². The standard InChI is InChI=1S/C15H22N2OS/c1-15(6-8-16-9-7-15)17-14(18)13-10-11-4-2-3-5-12(11)19-13/h10,16H,2-9H2,1H3,(H,17,18). The van der Waals surface area contributed by atoms with Crippen molar-refractivity contribution in [1.82, 2.24) is 10.6 Å². The molecule has 0 atom stereocenters. The van der Waals surface area contributed by atoms with Gasteiger partial charge in [-0.05, 0) is 70.2 Å². The Labute approximate surface area is 118 Å². The molecule has 3 rings (SSSR count). The Bertz CT molecular complexity index is 451. The number of piperidine rings is 1. The van der Waals surface area contributed by atoms with Gasteiger partial charge in [0.1, 0.15) is 0 Å². The lowest BCUT2D eigenvalue weighted by Gasteiger charge is -2.34. The van der Waals surface area contributed by atoms with Gasteiger partial charge in [-0.2, -0.15) is 0 Å². The van der Waals surface area contributed by atoms with E-state index in [9.17, 15) is 4.79 Å². The van der Waals surface area contributed by atoms with Crippen LogP contribution in [0.3, 0.4) is 0 Å². The summed E-state index contributed by atoms with van der Waals surface area (Å²) in [6, 6.07) is 2.12. The average molecular weight is 278 g/mol. The highest BCUT2D eigenvalue weighted by Gasteiger charge is 2.29. The Balaban J connectivity index is 1.71. The van der Waals surface area contributed by atoms with Gasteiger partial charge in [0.15, 0.2) is 0 Å². The minimum absolute atomic E-state index is 0.0349. The summed E-state index contributed by atoms with van der Waals surface area (Å²) in [5, 5.41) is 6.60. The van der Waals surface area contributed by atoms with Gasteiger partial charge in [0.05, 0.1) is 4.88 Å². The number of carbonyl (C=O) groups excluding carboxylic acids is 1. The first-order valence-corrected chi connectivity index (χ1v) is 8.13. The second kappa shape index (κ2) is 5.25. The maximum Gasteiger partial charge on any atom is 0.261 e. The quantitative estimate of drug-likeness (QED) is 0.872. The predicted molar refractivity (Wildman–Crippen MR) is 78.9 cm³/mol. The van der Waals surface area contributed by atoms with Gasteiger partial charge in [0.25, 0.3) is 5.91 Å². The molecule has 4 heteroatoms. The van der Waals surface area contributed by atoms with E-state index in [-0.39, 0.29) is 11.4 Å². The van der Waals surface area contributed by atoms with Crippen molar-refractivity contribution in [2.75, 3.05) is 13.1 Å². The zero-order chi connectivity index (χ0) is 13.3. The number of rotatable bonds is 2. The number of aryl methyl sites for hydroxylation is 2. The zero-order valence-corrected chi connectivity index (χ0v) is 12.4. The van der Waals surface area contributed by atoms with E-state index in [4.69, 9.17) is 0 Å². The van der Waals surface area contributed by atoms with E-state index in [1.54, 1.807) is 11.3 Å². The molecule has 0 bridgehead atoms. The van der Waals surface area contributed by atoms with Gasteiger partial charge >= 0.3 is 0 Å². The van der Waals surface area contributed by atoms with E-state index in [2.05, 4.69) is 23.6 Å². The van der Waals surface area contributed by atoms with Crippen LogP contribution in [-0.2, 0) is 12.8 Å². The lowest BCUT2D eigenvalue weighted by atomic mass is 9.90. The second-order valence-electron chi connectivity index (χ2n) is 6.03.